The second-order valence-electron chi connectivity index (χ2n) is 4.40. The number of hydrogen-bond donors (Lipinski definition) is 0. The van der Waals surface area contributed by atoms with Gasteiger partial charge in [0.15, 0.2) is 0 Å². The fourth-order valence-electron chi connectivity index (χ4n) is 1.98. The summed E-state index contributed by atoms with van der Waals surface area (Å²) in [5, 5.41) is -0.269. The number of halogens is 1. The molecule has 0 N–H and O–H groups in total. The molecule has 3 nitrogen and oxygen atoms in total. The van der Waals surface area contributed by atoms with Gasteiger partial charge in [0.25, 0.3) is 11.1 Å². The van der Waals surface area contributed by atoms with Crippen molar-refractivity contribution in [3.05, 3.63) is 69.5 Å². The largest absolute Gasteiger partial charge is 0.298 e. The van der Waals surface area contributed by atoms with Gasteiger partial charge >= 0.3 is 0 Å². The maximum atomic E-state index is 12.4. The first-order valence-electron chi connectivity index (χ1n) is 6.24. The number of anilines is 1. The fourth-order valence-corrected chi connectivity index (χ4v) is 3.08. The number of rotatable bonds is 2. The molecule has 1 fully saturated rings. The molecule has 0 atom stereocenters. The van der Waals surface area contributed by atoms with E-state index in [-0.39, 0.29) is 11.1 Å². The van der Waals surface area contributed by atoms with E-state index in [2.05, 4.69) is 15.9 Å². The van der Waals surface area contributed by atoms with Gasteiger partial charge in [0.1, 0.15) is 0 Å². The first-order chi connectivity index (χ1) is 10.1. The number of para-hydroxylation sites is 1. The molecule has 3 rings (SSSR count). The Hall–Kier alpha value is -1.85. The molecule has 0 aromatic heterocycles. The third-order valence-corrected chi connectivity index (χ3v) is 4.37. The number of nitrogens with zero attached hydrogens (tertiary/aromatic N) is 1. The van der Waals surface area contributed by atoms with Crippen LogP contribution in [0.15, 0.2) is 64.0 Å². The molecule has 2 aromatic carbocycles. The lowest BCUT2D eigenvalue weighted by Crippen LogP contribution is -2.27. The third-order valence-electron chi connectivity index (χ3n) is 2.98. The molecule has 1 saturated heterocycles. The molecule has 0 bridgehead atoms. The molecule has 1 aliphatic rings. The molecule has 0 unspecified atom stereocenters. The molecule has 0 spiro atoms. The summed E-state index contributed by atoms with van der Waals surface area (Å²) in [5.41, 5.74) is 1.48. The van der Waals surface area contributed by atoms with Crippen LogP contribution >= 0.6 is 27.7 Å². The lowest BCUT2D eigenvalue weighted by molar-refractivity contribution is -0.113. The zero-order valence-corrected chi connectivity index (χ0v) is 13.2. The van der Waals surface area contributed by atoms with E-state index in [9.17, 15) is 9.59 Å². The van der Waals surface area contributed by atoms with Gasteiger partial charge in [-0.2, -0.15) is 0 Å². The first kappa shape index (κ1) is 14.1. The smallest absolute Gasteiger partial charge is 0.268 e. The Bertz CT molecular complexity index is 726. The molecule has 0 aliphatic carbocycles. The van der Waals surface area contributed by atoms with Gasteiger partial charge in [-0.3, -0.25) is 9.59 Å². The maximum absolute atomic E-state index is 12.4. The van der Waals surface area contributed by atoms with Crippen LogP contribution in [0.25, 0.3) is 6.08 Å². The molecular formula is C16H10BrNO2S. The minimum atomic E-state index is -0.279. The number of amides is 2. The second-order valence-corrected chi connectivity index (χ2v) is 6.31. The summed E-state index contributed by atoms with van der Waals surface area (Å²) in [4.78, 5) is 26.1. The predicted molar refractivity (Wildman–Crippen MR) is 89.0 cm³/mol. The van der Waals surface area contributed by atoms with Gasteiger partial charge in [-0.05, 0) is 47.7 Å². The van der Waals surface area contributed by atoms with Crippen LogP contribution in [0, 0.1) is 0 Å². The lowest BCUT2D eigenvalue weighted by atomic mass is 10.2. The highest BCUT2D eigenvalue weighted by Gasteiger charge is 2.36. The molecular weight excluding hydrogens is 350 g/mol. The van der Waals surface area contributed by atoms with Gasteiger partial charge in [-0.15, -0.1) is 0 Å². The van der Waals surface area contributed by atoms with Crippen LogP contribution < -0.4 is 4.90 Å². The molecule has 0 radical (unpaired) electrons. The van der Waals surface area contributed by atoms with Gasteiger partial charge in [-0.25, -0.2) is 4.90 Å². The highest BCUT2D eigenvalue weighted by atomic mass is 79.9. The van der Waals surface area contributed by atoms with Gasteiger partial charge in [0, 0.05) is 4.47 Å². The first-order valence-corrected chi connectivity index (χ1v) is 7.85. The molecule has 1 aliphatic heterocycles. The van der Waals surface area contributed by atoms with E-state index in [1.807, 2.05) is 30.3 Å². The molecule has 2 amide bonds. The van der Waals surface area contributed by atoms with Crippen molar-refractivity contribution < 1.29 is 9.59 Å². The summed E-state index contributed by atoms with van der Waals surface area (Å²) < 4.78 is 0.969. The van der Waals surface area contributed by atoms with Crippen LogP contribution in [0.5, 0.6) is 0 Å². The van der Waals surface area contributed by atoms with Gasteiger partial charge in [0.2, 0.25) is 0 Å². The normalized spacial score (nSPS) is 16.8. The quantitative estimate of drug-likeness (QED) is 0.729. The lowest BCUT2D eigenvalue weighted by Gasteiger charge is -2.11. The summed E-state index contributed by atoms with van der Waals surface area (Å²) in [6, 6.07) is 16.5. The summed E-state index contributed by atoms with van der Waals surface area (Å²) in [6.07, 6.45) is 1.74. The minimum absolute atomic E-state index is 0.269. The molecule has 2 aromatic rings. The van der Waals surface area contributed by atoms with Crippen molar-refractivity contribution in [3.63, 3.8) is 0 Å². The van der Waals surface area contributed by atoms with Crippen molar-refractivity contribution in [3.8, 4) is 0 Å². The van der Waals surface area contributed by atoms with Crippen LogP contribution in [0.4, 0.5) is 10.5 Å². The summed E-state index contributed by atoms with van der Waals surface area (Å²) in [6.45, 7) is 0. The highest BCUT2D eigenvalue weighted by Crippen LogP contribution is 2.35. The van der Waals surface area contributed by atoms with Crippen molar-refractivity contribution in [1.82, 2.24) is 0 Å². The van der Waals surface area contributed by atoms with Gasteiger partial charge < -0.3 is 0 Å². The summed E-state index contributed by atoms with van der Waals surface area (Å²) in [5.74, 6) is -0.279. The average molecular weight is 360 g/mol. The Kier molecular flexibility index (Phi) is 3.94. The van der Waals surface area contributed by atoms with E-state index in [4.69, 9.17) is 0 Å². The van der Waals surface area contributed by atoms with Crippen molar-refractivity contribution >= 4 is 50.6 Å². The van der Waals surface area contributed by atoms with Crippen molar-refractivity contribution in [1.29, 1.82) is 0 Å². The van der Waals surface area contributed by atoms with Crippen LogP contribution in [-0.2, 0) is 4.79 Å². The number of imide groups is 1. The van der Waals surface area contributed by atoms with Gasteiger partial charge in [0.05, 0.1) is 10.6 Å². The number of thioether (sulfide) groups is 1. The molecule has 1 heterocycles. The van der Waals surface area contributed by atoms with E-state index in [1.54, 1.807) is 30.3 Å². The van der Waals surface area contributed by atoms with Crippen molar-refractivity contribution in [2.75, 3.05) is 4.90 Å². The van der Waals surface area contributed by atoms with Crippen LogP contribution in [0.1, 0.15) is 5.56 Å². The monoisotopic (exact) mass is 359 g/mol. The standard InChI is InChI=1S/C16H10BrNO2S/c17-12-8-6-11(7-9-12)10-14-15(19)18(16(20)21-14)13-4-2-1-3-5-13/h1-10H/b14-10-. The van der Waals surface area contributed by atoms with Crippen LogP contribution in [-0.4, -0.2) is 11.1 Å². The average Bonchev–Trinajstić information content (AvgIpc) is 2.77. The second kappa shape index (κ2) is 5.87. The minimum Gasteiger partial charge on any atom is -0.268 e. The Labute approximate surface area is 134 Å². The topological polar surface area (TPSA) is 37.4 Å². The molecule has 5 heteroatoms. The summed E-state index contributed by atoms with van der Waals surface area (Å²) in [7, 11) is 0. The van der Waals surface area contributed by atoms with Crippen molar-refractivity contribution in [2.24, 2.45) is 0 Å². The maximum Gasteiger partial charge on any atom is 0.298 e. The zero-order valence-electron chi connectivity index (χ0n) is 10.8. The SMILES string of the molecule is O=C1S/C(=C\c2ccc(Br)cc2)C(=O)N1c1ccccc1. The van der Waals surface area contributed by atoms with Crippen LogP contribution in [0.3, 0.4) is 0 Å². The van der Waals surface area contributed by atoms with Gasteiger partial charge in [-0.1, -0.05) is 46.3 Å². The number of carbonyl (C=O) groups is 2. The number of benzene rings is 2. The zero-order chi connectivity index (χ0) is 14.8. The Morgan fingerprint density at radius 3 is 2.29 bits per heavy atom. The van der Waals surface area contributed by atoms with E-state index in [0.29, 0.717) is 10.6 Å². The number of carbonyl (C=O) groups excluding carboxylic acids is 2. The van der Waals surface area contributed by atoms with E-state index in [1.165, 1.54) is 4.90 Å². The van der Waals surface area contributed by atoms with E-state index in [0.717, 1.165) is 21.8 Å². The third kappa shape index (κ3) is 2.94. The van der Waals surface area contributed by atoms with Crippen LogP contribution in [0.2, 0.25) is 0 Å². The molecule has 21 heavy (non-hydrogen) atoms. The number of hydrogen-bond acceptors (Lipinski definition) is 3. The Balaban J connectivity index is 1.92. The molecule has 104 valence electrons. The fraction of sp³-hybridized carbons (Fsp3) is 0. The highest BCUT2D eigenvalue weighted by molar-refractivity contribution is 9.10. The van der Waals surface area contributed by atoms with E-state index >= 15 is 0 Å². The Morgan fingerprint density at radius 1 is 0.952 bits per heavy atom. The Morgan fingerprint density at radius 2 is 1.62 bits per heavy atom. The molecule has 0 saturated carbocycles. The predicted octanol–water partition coefficient (Wildman–Crippen LogP) is 4.69. The summed E-state index contributed by atoms with van der Waals surface area (Å²) >= 11 is 4.33. The van der Waals surface area contributed by atoms with Crippen molar-refractivity contribution in [2.45, 2.75) is 0 Å². The van der Waals surface area contributed by atoms with E-state index < -0.39 is 0 Å².